The second kappa shape index (κ2) is 13.5. The summed E-state index contributed by atoms with van der Waals surface area (Å²) >= 11 is 0. The third-order valence-electron chi connectivity index (χ3n) is 13.9. The molecule has 2 aromatic heterocycles. The highest BCUT2D eigenvalue weighted by atomic mass is 15.0. The number of fused-ring (bicyclic) bond motifs is 11. The second-order valence-electron chi connectivity index (χ2n) is 17.2. The van der Waals surface area contributed by atoms with Gasteiger partial charge in [-0.2, -0.15) is 0 Å². The maximum absolute atomic E-state index is 2.45. The van der Waals surface area contributed by atoms with Crippen LogP contribution >= 0.6 is 0 Å². The second-order valence-corrected chi connectivity index (χ2v) is 17.2. The average Bonchev–Trinajstić information content (AvgIpc) is 4.01. The quantitative estimate of drug-likeness (QED) is 0.164. The molecule has 0 fully saturated rings. The molecule has 0 aliphatic heterocycles. The van der Waals surface area contributed by atoms with Gasteiger partial charge in [-0.25, -0.2) is 0 Å². The van der Waals surface area contributed by atoms with Gasteiger partial charge in [0.1, 0.15) is 0 Å². The number of aromatic nitrogens is 2. The van der Waals surface area contributed by atoms with Gasteiger partial charge in [-0.1, -0.05) is 182 Å². The first kappa shape index (κ1) is 35.2. The highest BCUT2D eigenvalue weighted by molar-refractivity contribution is 6.20. The molecular formula is C62H38N2. The smallest absolute Gasteiger partial charge is 0.0619 e. The van der Waals surface area contributed by atoms with E-state index in [9.17, 15) is 0 Å². The van der Waals surface area contributed by atoms with Crippen molar-refractivity contribution in [2.24, 2.45) is 0 Å². The Balaban J connectivity index is 0.876. The summed E-state index contributed by atoms with van der Waals surface area (Å²) in [6.45, 7) is 0. The molecule has 64 heavy (non-hydrogen) atoms. The van der Waals surface area contributed by atoms with Crippen molar-refractivity contribution >= 4 is 65.2 Å². The Morgan fingerprint density at radius 3 is 1.69 bits per heavy atom. The molecule has 1 aliphatic rings. The highest BCUT2D eigenvalue weighted by Crippen LogP contribution is 2.49. The fourth-order valence-corrected chi connectivity index (χ4v) is 11.0. The van der Waals surface area contributed by atoms with Crippen LogP contribution < -0.4 is 0 Å². The lowest BCUT2D eigenvalue weighted by atomic mass is 9.93. The molecular weight excluding hydrogens is 773 g/mol. The summed E-state index contributed by atoms with van der Waals surface area (Å²) in [4.78, 5) is 0. The summed E-state index contributed by atoms with van der Waals surface area (Å²) in [5.41, 5.74) is 19.7. The molecule has 0 bridgehead atoms. The molecule has 0 unspecified atom stereocenters. The Morgan fingerprint density at radius 1 is 0.234 bits per heavy atom. The minimum absolute atomic E-state index is 1.14. The van der Waals surface area contributed by atoms with Gasteiger partial charge in [-0.05, 0) is 120 Å². The Morgan fingerprint density at radius 2 is 0.812 bits per heavy atom. The van der Waals surface area contributed by atoms with Crippen LogP contribution in [0.15, 0.2) is 231 Å². The number of nitrogens with zero attached hydrogens (tertiary/aromatic N) is 2. The number of benzene rings is 11. The fourth-order valence-electron chi connectivity index (χ4n) is 11.0. The first-order valence-corrected chi connectivity index (χ1v) is 22.2. The largest absolute Gasteiger partial charge is 0.309 e. The molecule has 0 saturated heterocycles. The lowest BCUT2D eigenvalue weighted by molar-refractivity contribution is 1.18. The van der Waals surface area contributed by atoms with Gasteiger partial charge in [0, 0.05) is 38.3 Å². The molecule has 13 aromatic rings. The fraction of sp³-hybridized carbons (Fsp3) is 0. The molecule has 2 heterocycles. The zero-order chi connectivity index (χ0) is 41.9. The first-order valence-electron chi connectivity index (χ1n) is 22.2. The van der Waals surface area contributed by atoms with Crippen LogP contribution in [0.1, 0.15) is 0 Å². The van der Waals surface area contributed by atoms with E-state index >= 15 is 0 Å². The molecule has 0 N–H and O–H groups in total. The lowest BCUT2D eigenvalue weighted by Gasteiger charge is -2.13. The van der Waals surface area contributed by atoms with E-state index in [1.54, 1.807) is 0 Å². The van der Waals surface area contributed by atoms with Crippen LogP contribution in [0.5, 0.6) is 0 Å². The van der Waals surface area contributed by atoms with Gasteiger partial charge >= 0.3 is 0 Å². The van der Waals surface area contributed by atoms with E-state index in [1.807, 2.05) is 0 Å². The molecule has 0 atom stereocenters. The van der Waals surface area contributed by atoms with E-state index in [1.165, 1.54) is 126 Å². The Bertz CT molecular complexity index is 4020. The van der Waals surface area contributed by atoms with E-state index in [0.717, 1.165) is 5.69 Å². The third kappa shape index (κ3) is 5.08. The Kier molecular flexibility index (Phi) is 7.43. The average molecular weight is 811 g/mol. The van der Waals surface area contributed by atoms with Crippen LogP contribution in [0, 0.1) is 0 Å². The van der Waals surface area contributed by atoms with Crippen molar-refractivity contribution in [1.29, 1.82) is 0 Å². The van der Waals surface area contributed by atoms with Gasteiger partial charge in [-0.3, -0.25) is 0 Å². The van der Waals surface area contributed by atoms with Crippen molar-refractivity contribution in [3.8, 4) is 67.0 Å². The van der Waals surface area contributed by atoms with Gasteiger partial charge in [0.2, 0.25) is 0 Å². The van der Waals surface area contributed by atoms with E-state index < -0.39 is 0 Å². The van der Waals surface area contributed by atoms with E-state index in [2.05, 4.69) is 240 Å². The Labute approximate surface area is 370 Å². The predicted molar refractivity (Wildman–Crippen MR) is 271 cm³/mol. The standard InChI is InChI=1S/C62H38N2/c1-2-14-45(15-3-1)64-59-35-30-43(37-57(59)56-32-28-40-12-4-5-17-48(40)62(56)64)44-29-31-52-51-20-8-9-23-58(51)63(60(52)38-44)46-16-10-13-42(36-46)39-24-26-41(27-25-39)47-33-34-55-50-19-7-6-18-49(50)54-22-11-21-53(47)61(54)55/h1-38H. The molecule has 2 heteroatoms. The van der Waals surface area contributed by atoms with Crippen molar-refractivity contribution in [1.82, 2.24) is 9.13 Å². The molecule has 11 aromatic carbocycles. The molecule has 296 valence electrons. The molecule has 0 saturated carbocycles. The van der Waals surface area contributed by atoms with Gasteiger partial charge in [0.25, 0.3) is 0 Å². The molecule has 0 amide bonds. The van der Waals surface area contributed by atoms with Crippen LogP contribution in [0.4, 0.5) is 0 Å². The molecule has 2 nitrogen and oxygen atoms in total. The maximum atomic E-state index is 2.45. The van der Waals surface area contributed by atoms with Crippen LogP contribution in [0.2, 0.25) is 0 Å². The van der Waals surface area contributed by atoms with Crippen molar-refractivity contribution in [3.63, 3.8) is 0 Å². The predicted octanol–water partition coefficient (Wildman–Crippen LogP) is 16.8. The zero-order valence-corrected chi connectivity index (χ0v) is 34.8. The van der Waals surface area contributed by atoms with E-state index in [0.29, 0.717) is 0 Å². The van der Waals surface area contributed by atoms with Crippen molar-refractivity contribution in [3.05, 3.63) is 231 Å². The molecule has 0 radical (unpaired) electrons. The topological polar surface area (TPSA) is 9.86 Å². The minimum Gasteiger partial charge on any atom is -0.309 e. The normalized spacial score (nSPS) is 12.1. The van der Waals surface area contributed by atoms with Gasteiger partial charge in [-0.15, -0.1) is 0 Å². The van der Waals surface area contributed by atoms with Crippen LogP contribution in [-0.4, -0.2) is 9.13 Å². The number of hydrogen-bond acceptors (Lipinski definition) is 0. The van der Waals surface area contributed by atoms with E-state index in [4.69, 9.17) is 0 Å². The summed E-state index contributed by atoms with van der Waals surface area (Å²) in [5, 5.41) is 10.2. The summed E-state index contributed by atoms with van der Waals surface area (Å²) < 4.78 is 4.88. The van der Waals surface area contributed by atoms with Crippen molar-refractivity contribution in [2.45, 2.75) is 0 Å². The van der Waals surface area contributed by atoms with Crippen LogP contribution in [-0.2, 0) is 0 Å². The van der Waals surface area contributed by atoms with Crippen LogP contribution in [0.3, 0.4) is 0 Å². The SMILES string of the molecule is c1ccc(-n2c3ccc(-c4ccc5c6ccccc6n(-c6cccc(-c7ccc(-c8ccc9c%10c(cccc8%10)-c8ccccc8-9)cc7)c6)c5c4)cc3c3ccc4ccccc4c32)cc1. The number of para-hydroxylation sites is 2. The van der Waals surface area contributed by atoms with Gasteiger partial charge in [0.15, 0.2) is 0 Å². The zero-order valence-electron chi connectivity index (χ0n) is 34.8. The summed E-state index contributed by atoms with van der Waals surface area (Å²) in [5.74, 6) is 0. The monoisotopic (exact) mass is 810 g/mol. The van der Waals surface area contributed by atoms with Gasteiger partial charge < -0.3 is 9.13 Å². The Hall–Kier alpha value is -8.46. The van der Waals surface area contributed by atoms with Crippen molar-refractivity contribution in [2.75, 3.05) is 0 Å². The molecule has 0 spiro atoms. The molecule has 14 rings (SSSR count). The first-order chi connectivity index (χ1) is 31.7. The summed E-state index contributed by atoms with van der Waals surface area (Å²) in [6, 6.07) is 85.2. The molecule has 1 aliphatic carbocycles. The van der Waals surface area contributed by atoms with Gasteiger partial charge in [0.05, 0.1) is 22.1 Å². The number of hydrogen-bond donors (Lipinski definition) is 0. The summed E-state index contributed by atoms with van der Waals surface area (Å²) in [6.07, 6.45) is 0. The van der Waals surface area contributed by atoms with Crippen molar-refractivity contribution < 1.29 is 0 Å². The van der Waals surface area contributed by atoms with Crippen LogP contribution in [0.25, 0.3) is 132 Å². The third-order valence-corrected chi connectivity index (χ3v) is 13.9. The maximum Gasteiger partial charge on any atom is 0.0619 e. The highest BCUT2D eigenvalue weighted by Gasteiger charge is 2.23. The lowest BCUT2D eigenvalue weighted by Crippen LogP contribution is -1.95. The minimum atomic E-state index is 1.14. The number of rotatable bonds is 5. The summed E-state index contributed by atoms with van der Waals surface area (Å²) in [7, 11) is 0. The van der Waals surface area contributed by atoms with E-state index in [-0.39, 0.29) is 0 Å².